The normalized spacial score (nSPS) is 13.7. The summed E-state index contributed by atoms with van der Waals surface area (Å²) in [6.07, 6.45) is 6.11. The molecule has 0 spiro atoms. The molecule has 2 aromatic carbocycles. The molecule has 148 valence electrons. The van der Waals surface area contributed by atoms with Crippen LogP contribution in [-0.2, 0) is 11.2 Å². The second-order valence-electron chi connectivity index (χ2n) is 7.39. The molecule has 5 heteroatoms. The zero-order valence-corrected chi connectivity index (χ0v) is 16.6. The zero-order chi connectivity index (χ0) is 20.4. The number of nitrogens with one attached hydrogen (secondary N) is 2. The van der Waals surface area contributed by atoms with E-state index in [-0.39, 0.29) is 11.8 Å². The quantitative estimate of drug-likeness (QED) is 0.593. The molecule has 1 saturated carbocycles. The van der Waals surface area contributed by atoms with E-state index < -0.39 is 0 Å². The molecule has 1 heterocycles. The molecule has 2 amide bonds. The largest absolute Gasteiger partial charge is 0.460 e. The van der Waals surface area contributed by atoms with Gasteiger partial charge in [-0.3, -0.25) is 9.59 Å². The third kappa shape index (κ3) is 4.24. The van der Waals surface area contributed by atoms with Crippen molar-refractivity contribution in [3.05, 3.63) is 71.0 Å². The monoisotopic (exact) mass is 388 g/mol. The number of rotatable bonds is 6. The Labute approximate surface area is 169 Å². The van der Waals surface area contributed by atoms with Gasteiger partial charge >= 0.3 is 0 Å². The number of hydrogen-bond acceptors (Lipinski definition) is 3. The van der Waals surface area contributed by atoms with Crippen LogP contribution in [0.15, 0.2) is 53.0 Å². The van der Waals surface area contributed by atoms with Crippen LogP contribution in [0, 0.1) is 6.92 Å². The molecule has 1 aromatic heterocycles. The summed E-state index contributed by atoms with van der Waals surface area (Å²) in [4.78, 5) is 24.8. The van der Waals surface area contributed by atoms with E-state index in [2.05, 4.69) is 10.6 Å². The summed E-state index contributed by atoms with van der Waals surface area (Å²) in [7, 11) is 0. The van der Waals surface area contributed by atoms with Gasteiger partial charge in [-0.05, 0) is 49.6 Å². The van der Waals surface area contributed by atoms with Crippen molar-refractivity contribution in [1.82, 2.24) is 5.32 Å². The molecular formula is C24H24N2O3. The van der Waals surface area contributed by atoms with Gasteiger partial charge in [0.25, 0.3) is 5.91 Å². The van der Waals surface area contributed by atoms with Crippen molar-refractivity contribution in [3.63, 3.8) is 0 Å². The highest BCUT2D eigenvalue weighted by Gasteiger charge is 2.24. The number of benzene rings is 2. The SMILES string of the molecule is CCc1oc2ccccc2c1/C=C/C(=O)Nc1cc(C(=O)NC2CC2)ccc1C. The highest BCUT2D eigenvalue weighted by Crippen LogP contribution is 2.27. The average molecular weight is 388 g/mol. The van der Waals surface area contributed by atoms with Crippen LogP contribution in [0.2, 0.25) is 0 Å². The van der Waals surface area contributed by atoms with E-state index in [9.17, 15) is 9.59 Å². The summed E-state index contributed by atoms with van der Waals surface area (Å²) in [6, 6.07) is 13.4. The van der Waals surface area contributed by atoms with Crippen LogP contribution in [0.3, 0.4) is 0 Å². The maximum atomic E-state index is 12.5. The summed E-state index contributed by atoms with van der Waals surface area (Å²) < 4.78 is 5.87. The summed E-state index contributed by atoms with van der Waals surface area (Å²) in [5.41, 5.74) is 3.83. The first-order valence-corrected chi connectivity index (χ1v) is 9.96. The van der Waals surface area contributed by atoms with Crippen molar-refractivity contribution in [3.8, 4) is 0 Å². The fourth-order valence-corrected chi connectivity index (χ4v) is 3.29. The van der Waals surface area contributed by atoms with E-state index in [0.29, 0.717) is 17.3 Å². The van der Waals surface area contributed by atoms with E-state index in [4.69, 9.17) is 4.42 Å². The lowest BCUT2D eigenvalue weighted by atomic mass is 10.1. The fourth-order valence-electron chi connectivity index (χ4n) is 3.29. The first kappa shape index (κ1) is 19.0. The molecule has 0 unspecified atom stereocenters. The van der Waals surface area contributed by atoms with Gasteiger partial charge in [0.1, 0.15) is 11.3 Å². The summed E-state index contributed by atoms with van der Waals surface area (Å²) in [6.45, 7) is 3.93. The predicted molar refractivity (Wildman–Crippen MR) is 115 cm³/mol. The predicted octanol–water partition coefficient (Wildman–Crippen LogP) is 4.85. The Morgan fingerprint density at radius 3 is 2.72 bits per heavy atom. The van der Waals surface area contributed by atoms with Crippen LogP contribution < -0.4 is 10.6 Å². The molecule has 5 nitrogen and oxygen atoms in total. The number of hydrogen-bond donors (Lipinski definition) is 2. The standard InChI is InChI=1S/C24H24N2O3/c1-3-21-19(18-6-4-5-7-22(18)29-21)12-13-23(27)26-20-14-16(9-8-15(20)2)24(28)25-17-10-11-17/h4-9,12-14,17H,3,10-11H2,1-2H3,(H,25,28)(H,26,27)/b13-12+. The molecule has 0 radical (unpaired) electrons. The summed E-state index contributed by atoms with van der Waals surface area (Å²) in [5, 5.41) is 6.84. The Morgan fingerprint density at radius 2 is 1.97 bits per heavy atom. The Balaban J connectivity index is 1.52. The van der Waals surface area contributed by atoms with Crippen LogP contribution in [0.25, 0.3) is 17.0 Å². The minimum atomic E-state index is -0.250. The van der Waals surface area contributed by atoms with E-state index in [1.807, 2.05) is 44.2 Å². The second kappa shape index (κ2) is 7.95. The Kier molecular flexibility index (Phi) is 5.21. The van der Waals surface area contributed by atoms with E-state index in [1.165, 1.54) is 6.08 Å². The minimum Gasteiger partial charge on any atom is -0.460 e. The van der Waals surface area contributed by atoms with Crippen molar-refractivity contribution in [2.75, 3.05) is 5.32 Å². The van der Waals surface area contributed by atoms with Gasteiger partial charge in [0.15, 0.2) is 0 Å². The number of anilines is 1. The molecule has 0 aliphatic heterocycles. The zero-order valence-electron chi connectivity index (χ0n) is 16.6. The molecule has 2 N–H and O–H groups in total. The molecule has 3 aromatic rings. The molecule has 1 aliphatic rings. The highest BCUT2D eigenvalue weighted by atomic mass is 16.3. The van der Waals surface area contributed by atoms with Crippen molar-refractivity contribution in [2.24, 2.45) is 0 Å². The summed E-state index contributed by atoms with van der Waals surface area (Å²) in [5.74, 6) is 0.501. The average Bonchev–Trinajstić information content (AvgIpc) is 3.46. The Hall–Kier alpha value is -3.34. The lowest BCUT2D eigenvalue weighted by Gasteiger charge is -2.09. The van der Waals surface area contributed by atoms with Gasteiger partial charge in [0.2, 0.25) is 5.91 Å². The van der Waals surface area contributed by atoms with Gasteiger partial charge < -0.3 is 15.1 Å². The number of para-hydroxylation sites is 1. The van der Waals surface area contributed by atoms with Gasteiger partial charge in [-0.2, -0.15) is 0 Å². The lowest BCUT2D eigenvalue weighted by molar-refractivity contribution is -0.111. The third-order valence-electron chi connectivity index (χ3n) is 5.10. The first-order valence-electron chi connectivity index (χ1n) is 9.96. The maximum absolute atomic E-state index is 12.5. The minimum absolute atomic E-state index is 0.101. The molecule has 29 heavy (non-hydrogen) atoms. The van der Waals surface area contributed by atoms with Crippen molar-refractivity contribution in [1.29, 1.82) is 0 Å². The molecule has 0 saturated heterocycles. The van der Waals surface area contributed by atoms with Gasteiger partial charge in [0, 0.05) is 40.7 Å². The van der Waals surface area contributed by atoms with E-state index in [1.54, 1.807) is 18.2 Å². The fraction of sp³-hybridized carbons (Fsp3) is 0.250. The molecular weight excluding hydrogens is 364 g/mol. The van der Waals surface area contributed by atoms with Gasteiger partial charge in [0.05, 0.1) is 0 Å². The summed E-state index contributed by atoms with van der Waals surface area (Å²) >= 11 is 0. The van der Waals surface area contributed by atoms with Crippen molar-refractivity contribution >= 4 is 34.5 Å². The Morgan fingerprint density at radius 1 is 1.17 bits per heavy atom. The number of aryl methyl sites for hydroxylation is 2. The topological polar surface area (TPSA) is 71.3 Å². The van der Waals surface area contributed by atoms with Crippen LogP contribution in [0.5, 0.6) is 0 Å². The molecule has 1 aliphatic carbocycles. The molecule has 0 atom stereocenters. The van der Waals surface area contributed by atoms with Crippen molar-refractivity contribution < 1.29 is 14.0 Å². The van der Waals surface area contributed by atoms with Crippen LogP contribution >= 0.6 is 0 Å². The van der Waals surface area contributed by atoms with Gasteiger partial charge in [-0.1, -0.05) is 31.2 Å². The molecule has 0 bridgehead atoms. The molecule has 1 fully saturated rings. The smallest absolute Gasteiger partial charge is 0.251 e. The van der Waals surface area contributed by atoms with E-state index in [0.717, 1.165) is 47.1 Å². The van der Waals surface area contributed by atoms with Gasteiger partial charge in [-0.25, -0.2) is 0 Å². The number of fused-ring (bicyclic) bond motifs is 1. The highest BCUT2D eigenvalue weighted by molar-refractivity contribution is 6.05. The van der Waals surface area contributed by atoms with Crippen LogP contribution in [0.4, 0.5) is 5.69 Å². The van der Waals surface area contributed by atoms with Crippen LogP contribution in [0.1, 0.15) is 47.0 Å². The number of carbonyl (C=O) groups is 2. The van der Waals surface area contributed by atoms with Crippen LogP contribution in [-0.4, -0.2) is 17.9 Å². The number of furan rings is 1. The van der Waals surface area contributed by atoms with Crippen molar-refractivity contribution in [2.45, 2.75) is 39.2 Å². The number of carbonyl (C=O) groups excluding carboxylic acids is 2. The molecule has 4 rings (SSSR count). The van der Waals surface area contributed by atoms with Gasteiger partial charge in [-0.15, -0.1) is 0 Å². The number of amides is 2. The second-order valence-corrected chi connectivity index (χ2v) is 7.39. The maximum Gasteiger partial charge on any atom is 0.251 e. The first-order chi connectivity index (χ1) is 14.0. The van der Waals surface area contributed by atoms with E-state index >= 15 is 0 Å². The lowest BCUT2D eigenvalue weighted by Crippen LogP contribution is -2.25. The Bertz CT molecular complexity index is 1110. The third-order valence-corrected chi connectivity index (χ3v) is 5.10.